The molecular formula is C22H24ClF3N2O2. The van der Waals surface area contributed by atoms with Crippen molar-refractivity contribution in [1.29, 1.82) is 0 Å². The van der Waals surface area contributed by atoms with Gasteiger partial charge in [0.05, 0.1) is 10.6 Å². The van der Waals surface area contributed by atoms with Gasteiger partial charge < -0.3 is 15.0 Å². The summed E-state index contributed by atoms with van der Waals surface area (Å²) in [6.45, 7) is 10.7. The van der Waals surface area contributed by atoms with Crippen LogP contribution in [-0.4, -0.2) is 30.4 Å². The molecule has 1 N–H and O–H groups in total. The molecule has 0 saturated heterocycles. The van der Waals surface area contributed by atoms with Crippen LogP contribution in [0, 0.1) is 0 Å². The normalized spacial score (nSPS) is 11.4. The highest BCUT2D eigenvalue weighted by Gasteiger charge is 2.31. The summed E-state index contributed by atoms with van der Waals surface area (Å²) >= 11 is 5.83. The molecule has 162 valence electrons. The first-order chi connectivity index (χ1) is 14.1. The lowest BCUT2D eigenvalue weighted by Gasteiger charge is -2.17. The standard InChI is InChI=1S/C22H24ClF3N2O2/c1-4-28(5-2)13-12-16-6-9-18(10-7-16)27-21(29)15(3)30-20-11-8-17(14-19(20)23)22(24,25)26/h6-11,14H,3-5,12-13H2,1-2H3,(H,27,29). The molecule has 2 rings (SSSR count). The van der Waals surface area contributed by atoms with Gasteiger partial charge in [-0.15, -0.1) is 0 Å². The van der Waals surface area contributed by atoms with Crippen molar-refractivity contribution in [2.45, 2.75) is 26.4 Å². The van der Waals surface area contributed by atoms with Crippen molar-refractivity contribution in [3.63, 3.8) is 0 Å². The Hall–Kier alpha value is -2.51. The van der Waals surface area contributed by atoms with Crippen LogP contribution in [0.5, 0.6) is 5.75 Å². The lowest BCUT2D eigenvalue weighted by atomic mass is 10.1. The average molecular weight is 441 g/mol. The number of anilines is 1. The molecule has 2 aromatic rings. The minimum absolute atomic E-state index is 0.0865. The van der Waals surface area contributed by atoms with Crippen LogP contribution in [-0.2, 0) is 17.4 Å². The maximum absolute atomic E-state index is 12.7. The first-order valence-electron chi connectivity index (χ1n) is 9.50. The van der Waals surface area contributed by atoms with Crippen LogP contribution in [0.2, 0.25) is 5.02 Å². The van der Waals surface area contributed by atoms with Gasteiger partial charge in [0.15, 0.2) is 5.76 Å². The highest BCUT2D eigenvalue weighted by atomic mass is 35.5. The zero-order valence-corrected chi connectivity index (χ0v) is 17.6. The zero-order valence-electron chi connectivity index (χ0n) is 16.9. The van der Waals surface area contributed by atoms with Crippen LogP contribution in [0.1, 0.15) is 25.0 Å². The van der Waals surface area contributed by atoms with E-state index in [9.17, 15) is 18.0 Å². The molecular weight excluding hydrogens is 417 g/mol. The Kier molecular flexibility index (Phi) is 8.32. The number of benzene rings is 2. The second-order valence-electron chi connectivity index (χ2n) is 6.60. The van der Waals surface area contributed by atoms with Crippen molar-refractivity contribution in [2.75, 3.05) is 25.0 Å². The summed E-state index contributed by atoms with van der Waals surface area (Å²) in [6, 6.07) is 10.0. The van der Waals surface area contributed by atoms with Crippen LogP contribution in [0.3, 0.4) is 0 Å². The van der Waals surface area contributed by atoms with E-state index in [0.717, 1.165) is 49.8 Å². The van der Waals surface area contributed by atoms with Crippen LogP contribution < -0.4 is 10.1 Å². The lowest BCUT2D eigenvalue weighted by molar-refractivity contribution is -0.137. The van der Waals surface area contributed by atoms with Crippen LogP contribution >= 0.6 is 11.6 Å². The fraction of sp³-hybridized carbons (Fsp3) is 0.318. The van der Waals surface area contributed by atoms with Crippen molar-refractivity contribution in [2.24, 2.45) is 0 Å². The van der Waals surface area contributed by atoms with Gasteiger partial charge in [0.25, 0.3) is 5.91 Å². The Morgan fingerprint density at radius 1 is 1.13 bits per heavy atom. The van der Waals surface area contributed by atoms with Crippen LogP contribution in [0.4, 0.5) is 18.9 Å². The second kappa shape index (κ2) is 10.5. The van der Waals surface area contributed by atoms with Gasteiger partial charge in [0, 0.05) is 12.2 Å². The van der Waals surface area contributed by atoms with E-state index in [1.165, 1.54) is 0 Å². The number of halogens is 4. The molecule has 4 nitrogen and oxygen atoms in total. The van der Waals surface area contributed by atoms with Crippen LogP contribution in [0.15, 0.2) is 54.8 Å². The smallest absolute Gasteiger partial charge is 0.416 e. The number of nitrogens with zero attached hydrogens (tertiary/aromatic N) is 1. The predicted molar refractivity (Wildman–Crippen MR) is 113 cm³/mol. The quantitative estimate of drug-likeness (QED) is 0.397. The summed E-state index contributed by atoms with van der Waals surface area (Å²) in [7, 11) is 0. The topological polar surface area (TPSA) is 41.6 Å². The van der Waals surface area contributed by atoms with Crippen molar-refractivity contribution in [3.8, 4) is 5.75 Å². The molecule has 0 unspecified atom stereocenters. The molecule has 0 spiro atoms. The summed E-state index contributed by atoms with van der Waals surface area (Å²) in [4.78, 5) is 14.6. The fourth-order valence-electron chi connectivity index (χ4n) is 2.72. The van der Waals surface area contributed by atoms with E-state index in [1.54, 1.807) is 12.1 Å². The van der Waals surface area contributed by atoms with E-state index in [1.807, 2.05) is 12.1 Å². The van der Waals surface area contributed by atoms with Gasteiger partial charge in [0.2, 0.25) is 0 Å². The van der Waals surface area contributed by atoms with Gasteiger partial charge in [-0.2, -0.15) is 13.2 Å². The van der Waals surface area contributed by atoms with Crippen molar-refractivity contribution < 1.29 is 22.7 Å². The third-order valence-corrected chi connectivity index (χ3v) is 4.86. The number of carbonyl (C=O) groups is 1. The molecule has 0 heterocycles. The largest absolute Gasteiger partial charge is 0.451 e. The Labute approximate surface area is 179 Å². The Morgan fingerprint density at radius 3 is 2.30 bits per heavy atom. The number of amides is 1. The Balaban J connectivity index is 1.93. The minimum Gasteiger partial charge on any atom is -0.451 e. The number of hydrogen-bond acceptors (Lipinski definition) is 3. The van der Waals surface area contributed by atoms with E-state index < -0.39 is 17.6 Å². The summed E-state index contributed by atoms with van der Waals surface area (Å²) in [5.74, 6) is -0.999. The first-order valence-corrected chi connectivity index (χ1v) is 9.88. The van der Waals surface area contributed by atoms with E-state index in [-0.39, 0.29) is 16.5 Å². The van der Waals surface area contributed by atoms with E-state index in [4.69, 9.17) is 16.3 Å². The first kappa shape index (κ1) is 23.8. The van der Waals surface area contributed by atoms with Crippen molar-refractivity contribution >= 4 is 23.2 Å². The average Bonchev–Trinajstić information content (AvgIpc) is 2.70. The number of likely N-dealkylation sites (N-methyl/N-ethyl adjacent to an activating group) is 1. The number of nitrogens with one attached hydrogen (secondary N) is 1. The highest BCUT2D eigenvalue weighted by Crippen LogP contribution is 2.35. The number of carbonyl (C=O) groups excluding carboxylic acids is 1. The summed E-state index contributed by atoms with van der Waals surface area (Å²) < 4.78 is 43.4. The third kappa shape index (κ3) is 6.78. The third-order valence-electron chi connectivity index (χ3n) is 4.57. The minimum atomic E-state index is -4.52. The Bertz CT molecular complexity index is 879. The van der Waals surface area contributed by atoms with Crippen molar-refractivity contribution in [3.05, 3.63) is 71.0 Å². The molecule has 30 heavy (non-hydrogen) atoms. The molecule has 0 bridgehead atoms. The fourth-order valence-corrected chi connectivity index (χ4v) is 2.94. The number of hydrogen-bond donors (Lipinski definition) is 1. The molecule has 0 atom stereocenters. The highest BCUT2D eigenvalue weighted by molar-refractivity contribution is 6.32. The van der Waals surface area contributed by atoms with E-state index in [2.05, 4.69) is 30.6 Å². The summed E-state index contributed by atoms with van der Waals surface area (Å²) in [5, 5.41) is 2.37. The van der Waals surface area contributed by atoms with Crippen molar-refractivity contribution in [1.82, 2.24) is 4.90 Å². The number of rotatable bonds is 9. The van der Waals surface area contributed by atoms with Crippen LogP contribution in [0.25, 0.3) is 0 Å². The van der Waals surface area contributed by atoms with Gasteiger partial charge in [0.1, 0.15) is 5.75 Å². The molecule has 1 amide bonds. The number of ether oxygens (including phenoxy) is 1. The van der Waals surface area contributed by atoms with Gasteiger partial charge in [-0.05, 0) is 55.4 Å². The molecule has 0 aliphatic heterocycles. The molecule has 0 aromatic heterocycles. The molecule has 8 heteroatoms. The lowest BCUT2D eigenvalue weighted by Crippen LogP contribution is -2.25. The Morgan fingerprint density at radius 2 is 1.77 bits per heavy atom. The molecule has 0 radical (unpaired) electrons. The predicted octanol–water partition coefficient (Wildman–Crippen LogP) is 5.77. The second-order valence-corrected chi connectivity index (χ2v) is 7.00. The van der Waals surface area contributed by atoms with Gasteiger partial charge in [-0.3, -0.25) is 4.79 Å². The zero-order chi connectivity index (χ0) is 22.3. The van der Waals surface area contributed by atoms with Gasteiger partial charge in [-0.25, -0.2) is 0 Å². The van der Waals surface area contributed by atoms with Gasteiger partial charge >= 0.3 is 6.18 Å². The molecule has 0 fully saturated rings. The molecule has 0 aliphatic carbocycles. The SMILES string of the molecule is C=C(Oc1ccc(C(F)(F)F)cc1Cl)C(=O)Nc1ccc(CCN(CC)CC)cc1. The molecule has 0 aliphatic rings. The monoisotopic (exact) mass is 440 g/mol. The molecule has 0 saturated carbocycles. The molecule has 2 aromatic carbocycles. The summed E-state index contributed by atoms with van der Waals surface area (Å²) in [6.07, 6.45) is -3.62. The summed E-state index contributed by atoms with van der Waals surface area (Å²) in [5.41, 5.74) is 0.789. The van der Waals surface area contributed by atoms with E-state index >= 15 is 0 Å². The number of alkyl halides is 3. The van der Waals surface area contributed by atoms with E-state index in [0.29, 0.717) is 5.69 Å². The maximum atomic E-state index is 12.7. The van der Waals surface area contributed by atoms with Gasteiger partial charge in [-0.1, -0.05) is 44.2 Å². The maximum Gasteiger partial charge on any atom is 0.416 e.